The van der Waals surface area contributed by atoms with Crippen LogP contribution in [0.15, 0.2) is 16.6 Å². The van der Waals surface area contributed by atoms with Crippen molar-refractivity contribution in [3.63, 3.8) is 0 Å². The van der Waals surface area contributed by atoms with Gasteiger partial charge in [-0.1, -0.05) is 0 Å². The fourth-order valence-electron chi connectivity index (χ4n) is 1.49. The molecular formula is C11H9BrF4N2O. The topological polar surface area (TPSA) is 47.3 Å². The third-order valence-electron chi connectivity index (χ3n) is 2.26. The van der Waals surface area contributed by atoms with Crippen molar-refractivity contribution in [3.8, 4) is 6.07 Å². The maximum atomic E-state index is 13.9. The highest BCUT2D eigenvalue weighted by molar-refractivity contribution is 9.10. The molecule has 0 atom stereocenters. The smallest absolute Gasteiger partial charge is 0.395 e. The maximum absolute atomic E-state index is 13.9. The second-order valence-electron chi connectivity index (χ2n) is 3.63. The van der Waals surface area contributed by atoms with Gasteiger partial charge in [0.1, 0.15) is 12.6 Å². The number of hydrogen-bond acceptors (Lipinski definition) is 3. The number of alkyl halides is 3. The third kappa shape index (κ3) is 4.08. The molecule has 1 aromatic carbocycles. The molecule has 0 aliphatic rings. The summed E-state index contributed by atoms with van der Waals surface area (Å²) in [5.74, 6) is -0.961. The van der Waals surface area contributed by atoms with Crippen molar-refractivity contribution in [2.75, 3.05) is 24.6 Å². The minimum atomic E-state index is -4.53. The number of rotatable bonds is 4. The van der Waals surface area contributed by atoms with Gasteiger partial charge in [0.15, 0.2) is 5.82 Å². The Morgan fingerprint density at radius 2 is 2.00 bits per heavy atom. The molecule has 3 nitrogen and oxygen atoms in total. The van der Waals surface area contributed by atoms with Crippen LogP contribution in [0.2, 0.25) is 0 Å². The summed E-state index contributed by atoms with van der Waals surface area (Å²) in [5.41, 5.74) is -0.338. The first-order valence-electron chi connectivity index (χ1n) is 5.11. The summed E-state index contributed by atoms with van der Waals surface area (Å²) in [6.45, 7) is -2.30. The third-order valence-corrected chi connectivity index (χ3v) is 3.04. The standard InChI is InChI=1S/C11H9BrF4N2O/c12-9-7(5-17)1-2-8(10(9)13)18(3-4-19)6-11(14,15)16/h1-2,19H,3-4,6H2. The highest BCUT2D eigenvalue weighted by Gasteiger charge is 2.32. The lowest BCUT2D eigenvalue weighted by Crippen LogP contribution is -2.36. The molecule has 19 heavy (non-hydrogen) atoms. The normalized spacial score (nSPS) is 11.2. The Labute approximate surface area is 115 Å². The molecule has 0 amide bonds. The number of nitrogens with zero attached hydrogens (tertiary/aromatic N) is 2. The summed E-state index contributed by atoms with van der Waals surface area (Å²) in [6, 6.07) is 4.00. The van der Waals surface area contributed by atoms with Gasteiger partial charge in [0, 0.05) is 6.54 Å². The van der Waals surface area contributed by atoms with E-state index in [-0.39, 0.29) is 22.3 Å². The van der Waals surface area contributed by atoms with Gasteiger partial charge in [-0.2, -0.15) is 18.4 Å². The van der Waals surface area contributed by atoms with Crippen molar-refractivity contribution >= 4 is 21.6 Å². The number of nitriles is 1. The number of hydrogen-bond donors (Lipinski definition) is 1. The van der Waals surface area contributed by atoms with E-state index < -0.39 is 25.1 Å². The van der Waals surface area contributed by atoms with E-state index in [9.17, 15) is 17.6 Å². The summed E-state index contributed by atoms with van der Waals surface area (Å²) in [5, 5.41) is 17.4. The van der Waals surface area contributed by atoms with Crippen LogP contribution in [0.5, 0.6) is 0 Å². The predicted molar refractivity (Wildman–Crippen MR) is 64.2 cm³/mol. The van der Waals surface area contributed by atoms with Gasteiger partial charge >= 0.3 is 6.18 Å². The number of aliphatic hydroxyl groups is 1. The molecule has 0 radical (unpaired) electrons. The molecule has 0 heterocycles. The van der Waals surface area contributed by atoms with E-state index in [1.807, 2.05) is 0 Å². The van der Waals surface area contributed by atoms with E-state index in [4.69, 9.17) is 10.4 Å². The first-order valence-corrected chi connectivity index (χ1v) is 5.90. The second kappa shape index (κ2) is 6.21. The Bertz CT molecular complexity index is 499. The molecule has 0 bridgehead atoms. The molecular weight excluding hydrogens is 332 g/mol. The SMILES string of the molecule is N#Cc1ccc(N(CCO)CC(F)(F)F)c(F)c1Br. The van der Waals surface area contributed by atoms with Gasteiger partial charge in [0.2, 0.25) is 0 Å². The number of halogens is 5. The number of benzene rings is 1. The number of aliphatic hydroxyl groups excluding tert-OH is 1. The molecule has 0 saturated carbocycles. The molecule has 1 aromatic rings. The zero-order chi connectivity index (χ0) is 14.6. The second-order valence-corrected chi connectivity index (χ2v) is 4.43. The fraction of sp³-hybridized carbons (Fsp3) is 0.364. The molecule has 0 spiro atoms. The molecule has 0 unspecified atom stereocenters. The molecule has 0 aliphatic heterocycles. The van der Waals surface area contributed by atoms with E-state index in [2.05, 4.69) is 15.9 Å². The van der Waals surface area contributed by atoms with Crippen LogP contribution in [-0.2, 0) is 0 Å². The van der Waals surface area contributed by atoms with Crippen LogP contribution in [0, 0.1) is 17.1 Å². The van der Waals surface area contributed by atoms with Crippen LogP contribution < -0.4 is 4.90 Å². The van der Waals surface area contributed by atoms with Gasteiger partial charge in [-0.05, 0) is 28.1 Å². The van der Waals surface area contributed by atoms with Gasteiger partial charge in [-0.15, -0.1) is 0 Å². The van der Waals surface area contributed by atoms with Crippen molar-refractivity contribution in [3.05, 3.63) is 28.0 Å². The molecule has 0 aromatic heterocycles. The molecule has 0 aliphatic carbocycles. The Kier molecular flexibility index (Phi) is 5.14. The Morgan fingerprint density at radius 3 is 2.47 bits per heavy atom. The molecule has 1 rings (SSSR count). The van der Waals surface area contributed by atoms with Gasteiger partial charge in [0.05, 0.1) is 22.3 Å². The van der Waals surface area contributed by atoms with Crippen molar-refractivity contribution in [2.45, 2.75) is 6.18 Å². The zero-order valence-electron chi connectivity index (χ0n) is 9.51. The molecule has 8 heteroatoms. The largest absolute Gasteiger partial charge is 0.405 e. The van der Waals surface area contributed by atoms with Crippen molar-refractivity contribution in [1.29, 1.82) is 5.26 Å². The summed E-state index contributed by atoms with van der Waals surface area (Å²) in [6.07, 6.45) is -4.53. The molecule has 1 N–H and O–H groups in total. The van der Waals surface area contributed by atoms with E-state index in [0.717, 1.165) is 6.07 Å². The lowest BCUT2D eigenvalue weighted by atomic mass is 10.2. The minimum absolute atomic E-state index is 0.0165. The van der Waals surface area contributed by atoms with Crippen LogP contribution >= 0.6 is 15.9 Å². The molecule has 0 fully saturated rings. The zero-order valence-corrected chi connectivity index (χ0v) is 11.1. The van der Waals surface area contributed by atoms with Crippen LogP contribution in [0.1, 0.15) is 5.56 Å². The first kappa shape index (κ1) is 15.7. The van der Waals surface area contributed by atoms with Gasteiger partial charge in [0.25, 0.3) is 0 Å². The van der Waals surface area contributed by atoms with Crippen LogP contribution in [0.4, 0.5) is 23.2 Å². The number of anilines is 1. The lowest BCUT2D eigenvalue weighted by Gasteiger charge is -2.26. The van der Waals surface area contributed by atoms with Gasteiger partial charge in [-0.25, -0.2) is 4.39 Å². The fourth-order valence-corrected chi connectivity index (χ4v) is 1.92. The van der Waals surface area contributed by atoms with Crippen LogP contribution in [0.3, 0.4) is 0 Å². The van der Waals surface area contributed by atoms with Crippen molar-refractivity contribution < 1.29 is 22.7 Å². The first-order chi connectivity index (χ1) is 8.80. The Morgan fingerprint density at radius 1 is 1.37 bits per heavy atom. The van der Waals surface area contributed by atoms with E-state index in [1.165, 1.54) is 6.07 Å². The predicted octanol–water partition coefficient (Wildman–Crippen LogP) is 2.82. The van der Waals surface area contributed by atoms with E-state index >= 15 is 0 Å². The monoisotopic (exact) mass is 340 g/mol. The Balaban J connectivity index is 3.17. The highest BCUT2D eigenvalue weighted by Crippen LogP contribution is 2.30. The molecule has 0 saturated heterocycles. The average Bonchev–Trinajstić information content (AvgIpc) is 2.30. The van der Waals surface area contributed by atoms with Crippen molar-refractivity contribution in [2.24, 2.45) is 0 Å². The lowest BCUT2D eigenvalue weighted by molar-refractivity contribution is -0.119. The quantitative estimate of drug-likeness (QED) is 0.857. The van der Waals surface area contributed by atoms with Crippen LogP contribution in [-0.4, -0.2) is 31.0 Å². The summed E-state index contributed by atoms with van der Waals surface area (Å²) in [7, 11) is 0. The van der Waals surface area contributed by atoms with Crippen LogP contribution in [0.25, 0.3) is 0 Å². The maximum Gasteiger partial charge on any atom is 0.405 e. The Hall–Kier alpha value is -1.33. The summed E-state index contributed by atoms with van der Waals surface area (Å²) >= 11 is 2.82. The summed E-state index contributed by atoms with van der Waals surface area (Å²) < 4.78 is 50.9. The van der Waals surface area contributed by atoms with Crippen molar-refractivity contribution in [1.82, 2.24) is 0 Å². The van der Waals surface area contributed by atoms with Gasteiger partial charge in [-0.3, -0.25) is 0 Å². The average molecular weight is 341 g/mol. The van der Waals surface area contributed by atoms with Gasteiger partial charge < -0.3 is 10.0 Å². The minimum Gasteiger partial charge on any atom is -0.395 e. The summed E-state index contributed by atoms with van der Waals surface area (Å²) in [4.78, 5) is 0.668. The van der Waals surface area contributed by atoms with E-state index in [1.54, 1.807) is 6.07 Å². The molecule has 104 valence electrons. The highest BCUT2D eigenvalue weighted by atomic mass is 79.9. The van der Waals surface area contributed by atoms with E-state index in [0.29, 0.717) is 4.90 Å².